The zero-order valence-electron chi connectivity index (χ0n) is 16.6. The molecule has 1 atom stereocenters. The summed E-state index contributed by atoms with van der Waals surface area (Å²) >= 11 is 0. The van der Waals surface area contributed by atoms with Gasteiger partial charge in [-0.25, -0.2) is 0 Å². The van der Waals surface area contributed by atoms with Crippen molar-refractivity contribution in [1.82, 2.24) is 5.32 Å². The zero-order valence-corrected chi connectivity index (χ0v) is 17.4. The molecule has 0 aromatic heterocycles. The Morgan fingerprint density at radius 1 is 1.00 bits per heavy atom. The van der Waals surface area contributed by atoms with Gasteiger partial charge in [0.05, 0.1) is 11.6 Å². The molecular weight excluding hydrogens is 502 g/mol. The van der Waals surface area contributed by atoms with Crippen LogP contribution < -0.4 is 14.8 Å². The maximum absolute atomic E-state index is 12.7. The molecule has 0 saturated heterocycles. The first kappa shape index (κ1) is 26.5. The Morgan fingerprint density at radius 3 is 2.12 bits per heavy atom. The van der Waals surface area contributed by atoms with Crippen LogP contribution in [0.15, 0.2) is 47.4 Å². The molecule has 0 fully saturated rings. The van der Waals surface area contributed by atoms with Crippen LogP contribution in [0.5, 0.6) is 11.5 Å². The molecule has 0 aliphatic rings. The number of carbonyl (C=O) groups excluding carboxylic acids is 1. The van der Waals surface area contributed by atoms with Crippen LogP contribution in [0.4, 0.5) is 32.6 Å². The number of hydrogen-bond donors (Lipinski definition) is 1. The van der Waals surface area contributed by atoms with Gasteiger partial charge in [-0.3, -0.25) is 4.79 Å². The second-order valence-electron chi connectivity index (χ2n) is 6.59. The number of nitriles is 2. The van der Waals surface area contributed by atoms with Crippen LogP contribution in [0.25, 0.3) is 0 Å². The average Bonchev–Trinajstić information content (AvgIpc) is 2.71. The molecular formula is C19H13F8N3O3S. The summed E-state index contributed by atoms with van der Waals surface area (Å²) in [7, 11) is -9.89. The number of nitrogens with zero attached hydrogens (tertiary/aromatic N) is 2. The van der Waals surface area contributed by atoms with Crippen LogP contribution in [-0.4, -0.2) is 24.9 Å². The van der Waals surface area contributed by atoms with E-state index in [1.54, 1.807) is 12.1 Å². The lowest BCUT2D eigenvalue weighted by atomic mass is 10.2. The Balaban J connectivity index is 2.04. The van der Waals surface area contributed by atoms with Crippen molar-refractivity contribution in [3.8, 4) is 23.6 Å². The van der Waals surface area contributed by atoms with Crippen molar-refractivity contribution in [3.63, 3.8) is 0 Å². The number of halogens is 8. The number of alkyl halides is 3. The van der Waals surface area contributed by atoms with E-state index in [4.69, 9.17) is 10.00 Å². The maximum Gasteiger partial charge on any atom is 0.573 e. The van der Waals surface area contributed by atoms with E-state index in [-0.39, 0.29) is 36.2 Å². The van der Waals surface area contributed by atoms with Crippen LogP contribution in [0.1, 0.15) is 22.3 Å². The van der Waals surface area contributed by atoms with Crippen LogP contribution in [-0.2, 0) is 0 Å². The summed E-state index contributed by atoms with van der Waals surface area (Å²) in [5.74, 6) is -2.35. The molecule has 0 spiro atoms. The summed E-state index contributed by atoms with van der Waals surface area (Å²) in [6.45, 7) is -0.326. The number of amides is 1. The highest BCUT2D eigenvalue weighted by Crippen LogP contribution is 3.02. The maximum atomic E-state index is 12.7. The summed E-state index contributed by atoms with van der Waals surface area (Å²) in [5, 5.41) is 20.3. The van der Waals surface area contributed by atoms with Crippen LogP contribution in [0.2, 0.25) is 0 Å². The lowest BCUT2D eigenvalue weighted by molar-refractivity contribution is -0.275. The lowest BCUT2D eigenvalue weighted by Crippen LogP contribution is -2.28. The van der Waals surface area contributed by atoms with Gasteiger partial charge in [-0.2, -0.15) is 10.5 Å². The van der Waals surface area contributed by atoms with Gasteiger partial charge in [0.25, 0.3) is 5.91 Å². The van der Waals surface area contributed by atoms with Gasteiger partial charge in [0.2, 0.25) is 0 Å². The first-order valence-corrected chi connectivity index (χ1v) is 10.9. The predicted octanol–water partition coefficient (Wildman–Crippen LogP) is 6.21. The van der Waals surface area contributed by atoms with Gasteiger partial charge in [0.1, 0.15) is 11.0 Å². The largest absolute Gasteiger partial charge is 0.573 e. The Kier molecular flexibility index (Phi) is 6.69. The third kappa shape index (κ3) is 7.70. The van der Waals surface area contributed by atoms with Gasteiger partial charge in [0.15, 0.2) is 17.6 Å². The quantitative estimate of drug-likeness (QED) is 0.422. The van der Waals surface area contributed by atoms with Gasteiger partial charge in [-0.05, 0) is 36.4 Å². The van der Waals surface area contributed by atoms with Gasteiger partial charge in [0, 0.05) is 24.6 Å². The molecule has 0 radical (unpaired) electrons. The standard InChI is InChI=1S/C19H13F8N3O3S/c20-19(21,22)33-16-6-1-12(10-28)9-17(16)32-14(11-29)7-8-30-18(31)13-2-4-15(5-3-13)34(23,24,25,26)27/h1-6,9,14H,7-8H2,(H,30,31). The van der Waals surface area contributed by atoms with Crippen LogP contribution >= 0.6 is 10.2 Å². The molecule has 1 unspecified atom stereocenters. The second kappa shape index (κ2) is 8.57. The van der Waals surface area contributed by atoms with Crippen molar-refractivity contribution in [2.45, 2.75) is 23.8 Å². The number of hydrogen-bond acceptors (Lipinski definition) is 5. The summed E-state index contributed by atoms with van der Waals surface area (Å²) in [4.78, 5) is 9.84. The summed E-state index contributed by atoms with van der Waals surface area (Å²) in [5.41, 5.74) is -0.479. The second-order valence-corrected chi connectivity index (χ2v) is 9.00. The summed E-state index contributed by atoms with van der Waals surface area (Å²) in [6, 6.07) is 7.23. The lowest BCUT2D eigenvalue weighted by Gasteiger charge is -2.40. The van der Waals surface area contributed by atoms with Crippen molar-refractivity contribution in [2.75, 3.05) is 6.54 Å². The fourth-order valence-electron chi connectivity index (χ4n) is 2.46. The van der Waals surface area contributed by atoms with Gasteiger partial charge in [-0.15, -0.1) is 13.2 Å². The fourth-order valence-corrected chi connectivity index (χ4v) is 3.11. The monoisotopic (exact) mass is 515 g/mol. The van der Waals surface area contributed by atoms with E-state index in [1.807, 2.05) is 0 Å². The van der Waals surface area contributed by atoms with Crippen molar-refractivity contribution in [1.29, 1.82) is 10.5 Å². The molecule has 6 nitrogen and oxygen atoms in total. The molecule has 0 saturated carbocycles. The molecule has 1 N–H and O–H groups in total. The Labute approximate surface area is 187 Å². The Bertz CT molecular complexity index is 1150. The third-order valence-electron chi connectivity index (χ3n) is 3.97. The molecule has 0 aliphatic heterocycles. The van der Waals surface area contributed by atoms with Crippen LogP contribution in [0.3, 0.4) is 0 Å². The zero-order chi connectivity index (χ0) is 25.8. The Morgan fingerprint density at radius 2 is 1.62 bits per heavy atom. The average molecular weight is 515 g/mol. The smallest absolute Gasteiger partial charge is 0.472 e. The fraction of sp³-hybridized carbons (Fsp3) is 0.211. The normalized spacial score (nSPS) is 14.5. The Hall–Kier alpha value is -3.72. The first-order chi connectivity index (χ1) is 15.4. The van der Waals surface area contributed by atoms with Crippen molar-refractivity contribution >= 4 is 16.1 Å². The van der Waals surface area contributed by atoms with Gasteiger partial charge >= 0.3 is 16.6 Å². The van der Waals surface area contributed by atoms with E-state index in [1.165, 1.54) is 0 Å². The number of ether oxygens (including phenoxy) is 2. The van der Waals surface area contributed by atoms with E-state index < -0.39 is 45.0 Å². The van der Waals surface area contributed by atoms with E-state index in [9.17, 15) is 42.7 Å². The molecule has 15 heteroatoms. The number of benzene rings is 2. The molecule has 1 amide bonds. The highest BCUT2D eigenvalue weighted by atomic mass is 32.5. The van der Waals surface area contributed by atoms with E-state index in [2.05, 4.69) is 10.1 Å². The molecule has 2 rings (SSSR count). The predicted molar refractivity (Wildman–Crippen MR) is 103 cm³/mol. The molecule has 0 aliphatic carbocycles. The minimum absolute atomic E-state index is 0.0576. The number of carbonyl (C=O) groups is 1. The number of rotatable bonds is 8. The molecule has 34 heavy (non-hydrogen) atoms. The van der Waals surface area contributed by atoms with Crippen molar-refractivity contribution in [2.24, 2.45) is 0 Å². The van der Waals surface area contributed by atoms with E-state index >= 15 is 0 Å². The minimum Gasteiger partial charge on any atom is -0.472 e. The summed E-state index contributed by atoms with van der Waals surface area (Å²) in [6.07, 6.45) is -6.82. The minimum atomic E-state index is -9.89. The highest BCUT2D eigenvalue weighted by Gasteiger charge is 2.65. The topological polar surface area (TPSA) is 95.1 Å². The summed E-state index contributed by atoms with van der Waals surface area (Å²) < 4.78 is 110. The molecule has 2 aromatic rings. The van der Waals surface area contributed by atoms with E-state index in [0.717, 1.165) is 18.2 Å². The van der Waals surface area contributed by atoms with Gasteiger partial charge < -0.3 is 14.8 Å². The molecule has 184 valence electrons. The van der Waals surface area contributed by atoms with Gasteiger partial charge in [-0.1, -0.05) is 19.4 Å². The molecule has 0 heterocycles. The molecule has 2 aromatic carbocycles. The van der Waals surface area contributed by atoms with E-state index in [0.29, 0.717) is 12.1 Å². The van der Waals surface area contributed by atoms with Crippen LogP contribution in [0, 0.1) is 22.7 Å². The van der Waals surface area contributed by atoms with Crippen molar-refractivity contribution in [3.05, 3.63) is 53.6 Å². The SMILES string of the molecule is N#Cc1ccc(OC(F)(F)F)c(OC(C#N)CCNC(=O)c2ccc(S(F)(F)(F)(F)F)cc2)c1. The highest BCUT2D eigenvalue weighted by molar-refractivity contribution is 8.45. The third-order valence-corrected chi connectivity index (χ3v) is 5.13. The molecule has 0 bridgehead atoms. The first-order valence-electron chi connectivity index (χ1n) is 8.90. The number of nitrogens with one attached hydrogen (secondary N) is 1. The van der Waals surface area contributed by atoms with Crippen molar-refractivity contribution < 1.29 is 46.9 Å².